The van der Waals surface area contributed by atoms with Gasteiger partial charge in [0.25, 0.3) is 10.0 Å². The second-order valence-electron chi connectivity index (χ2n) is 4.03. The maximum absolute atomic E-state index is 12.4. The van der Waals surface area contributed by atoms with Crippen LogP contribution in [-0.2, 0) is 10.0 Å². The third-order valence-electron chi connectivity index (χ3n) is 2.87. The average molecular weight is 339 g/mol. The molecule has 1 aliphatic heterocycles. The summed E-state index contributed by atoms with van der Waals surface area (Å²) in [6.07, 6.45) is 1.88. The third-order valence-corrected chi connectivity index (χ3v) is 6.92. The van der Waals surface area contributed by atoms with Crippen molar-refractivity contribution in [1.82, 2.24) is 9.62 Å². The minimum Gasteiger partial charge on any atom is -0.318 e. The fraction of sp³-hybridized carbons (Fsp3) is 0.600. The van der Waals surface area contributed by atoms with Gasteiger partial charge in [-0.3, -0.25) is 0 Å². The summed E-state index contributed by atoms with van der Waals surface area (Å²) in [6, 6.07) is 3.53. The molecule has 0 saturated carbocycles. The molecule has 0 radical (unpaired) electrons. The minimum atomic E-state index is -3.31. The van der Waals surface area contributed by atoms with Gasteiger partial charge in [-0.2, -0.15) is 4.31 Å². The zero-order chi connectivity index (χ0) is 12.5. The minimum absolute atomic E-state index is 0.0888. The lowest BCUT2D eigenvalue weighted by molar-refractivity contribution is 0.380. The summed E-state index contributed by atoms with van der Waals surface area (Å²) in [4.78, 5) is 0. The molecule has 1 aliphatic rings. The maximum Gasteiger partial charge on any atom is 0.252 e. The number of hydrogen-bond donors (Lipinski definition) is 1. The van der Waals surface area contributed by atoms with Crippen LogP contribution in [0.5, 0.6) is 0 Å². The number of nitrogens with zero attached hydrogens (tertiary/aromatic N) is 1. The topological polar surface area (TPSA) is 49.4 Å². The summed E-state index contributed by atoms with van der Waals surface area (Å²) in [5.74, 6) is 0. The van der Waals surface area contributed by atoms with Crippen LogP contribution in [0.25, 0.3) is 0 Å². The van der Waals surface area contributed by atoms with Gasteiger partial charge in [0.15, 0.2) is 0 Å². The first kappa shape index (κ1) is 13.5. The van der Waals surface area contributed by atoms with Crippen molar-refractivity contribution in [2.24, 2.45) is 0 Å². The zero-order valence-electron chi connectivity index (χ0n) is 9.52. The predicted octanol–water partition coefficient (Wildman–Crippen LogP) is 1.88. The fourth-order valence-electron chi connectivity index (χ4n) is 2.12. The van der Waals surface area contributed by atoms with E-state index in [-0.39, 0.29) is 6.04 Å². The Labute approximate surface area is 114 Å². The predicted molar refractivity (Wildman–Crippen MR) is 72.9 cm³/mol. The van der Waals surface area contributed by atoms with Crippen LogP contribution in [0.15, 0.2) is 20.1 Å². The number of thiophene rings is 1. The van der Waals surface area contributed by atoms with E-state index in [1.807, 2.05) is 7.05 Å². The summed E-state index contributed by atoms with van der Waals surface area (Å²) in [5.41, 5.74) is 0. The number of rotatable bonds is 4. The molecule has 0 amide bonds. The highest BCUT2D eigenvalue weighted by atomic mass is 79.9. The summed E-state index contributed by atoms with van der Waals surface area (Å²) < 4.78 is 27.7. The molecule has 96 valence electrons. The molecule has 2 heterocycles. The van der Waals surface area contributed by atoms with Gasteiger partial charge in [0.05, 0.1) is 3.79 Å². The Balaban J connectivity index is 2.26. The lowest BCUT2D eigenvalue weighted by Crippen LogP contribution is -2.40. The van der Waals surface area contributed by atoms with Crippen molar-refractivity contribution in [3.05, 3.63) is 15.9 Å². The number of sulfonamides is 1. The van der Waals surface area contributed by atoms with E-state index in [2.05, 4.69) is 21.2 Å². The monoisotopic (exact) mass is 338 g/mol. The Morgan fingerprint density at radius 3 is 2.94 bits per heavy atom. The normalized spacial score (nSPS) is 22.1. The van der Waals surface area contributed by atoms with Crippen LogP contribution in [0.1, 0.15) is 12.8 Å². The molecule has 1 aromatic rings. The van der Waals surface area contributed by atoms with Crippen LogP contribution in [0, 0.1) is 0 Å². The second-order valence-corrected chi connectivity index (χ2v) is 8.61. The molecule has 0 bridgehead atoms. The van der Waals surface area contributed by atoms with Crippen molar-refractivity contribution in [1.29, 1.82) is 0 Å². The number of nitrogens with one attached hydrogen (secondary N) is 1. The first-order valence-electron chi connectivity index (χ1n) is 5.47. The Morgan fingerprint density at radius 1 is 1.59 bits per heavy atom. The summed E-state index contributed by atoms with van der Waals surface area (Å²) >= 11 is 4.57. The highest BCUT2D eigenvalue weighted by Crippen LogP contribution is 2.32. The van der Waals surface area contributed by atoms with Gasteiger partial charge < -0.3 is 5.32 Å². The molecule has 1 fully saturated rings. The fourth-order valence-corrected chi connectivity index (χ4v) is 5.95. The van der Waals surface area contributed by atoms with E-state index in [1.165, 1.54) is 11.3 Å². The van der Waals surface area contributed by atoms with Gasteiger partial charge in [0, 0.05) is 19.1 Å². The van der Waals surface area contributed by atoms with E-state index in [1.54, 1.807) is 16.4 Å². The van der Waals surface area contributed by atoms with Crippen LogP contribution in [0.4, 0.5) is 0 Å². The summed E-state index contributed by atoms with van der Waals surface area (Å²) in [5, 5.41) is 3.06. The quantitative estimate of drug-likeness (QED) is 0.911. The molecule has 1 unspecified atom stereocenters. The SMILES string of the molecule is CNCC1CCCN1S(=O)(=O)c1ccc(Br)s1. The Hall–Kier alpha value is 0.0500. The molecule has 1 N–H and O–H groups in total. The van der Waals surface area contributed by atoms with Crippen molar-refractivity contribution in [2.75, 3.05) is 20.1 Å². The molecule has 1 atom stereocenters. The first-order chi connectivity index (χ1) is 8.05. The molecule has 4 nitrogen and oxygen atoms in total. The highest BCUT2D eigenvalue weighted by molar-refractivity contribution is 9.11. The van der Waals surface area contributed by atoms with E-state index in [4.69, 9.17) is 0 Å². The molecule has 7 heteroatoms. The molecular weight excluding hydrogens is 324 g/mol. The molecule has 0 aromatic carbocycles. The van der Waals surface area contributed by atoms with Crippen LogP contribution >= 0.6 is 27.3 Å². The standard InChI is InChI=1S/C10H15BrN2O2S2/c1-12-7-8-3-2-6-13(8)17(14,15)10-5-4-9(11)16-10/h4-5,8,12H,2-3,6-7H2,1H3. The number of hydrogen-bond acceptors (Lipinski definition) is 4. The van der Waals surface area contributed by atoms with E-state index >= 15 is 0 Å². The molecule has 17 heavy (non-hydrogen) atoms. The van der Waals surface area contributed by atoms with Crippen LogP contribution in [-0.4, -0.2) is 38.9 Å². The van der Waals surface area contributed by atoms with Gasteiger partial charge in [-0.05, 0) is 48.0 Å². The van der Waals surface area contributed by atoms with Crippen LogP contribution < -0.4 is 5.32 Å². The first-order valence-corrected chi connectivity index (χ1v) is 8.52. The van der Waals surface area contributed by atoms with Gasteiger partial charge >= 0.3 is 0 Å². The summed E-state index contributed by atoms with van der Waals surface area (Å²) in [6.45, 7) is 1.34. The second kappa shape index (κ2) is 5.36. The van der Waals surface area contributed by atoms with Crippen molar-refractivity contribution in [2.45, 2.75) is 23.1 Å². The smallest absolute Gasteiger partial charge is 0.252 e. The van der Waals surface area contributed by atoms with E-state index in [0.29, 0.717) is 17.3 Å². The molecule has 1 saturated heterocycles. The van der Waals surface area contributed by atoms with Gasteiger partial charge in [0.2, 0.25) is 0 Å². The van der Waals surface area contributed by atoms with Crippen molar-refractivity contribution >= 4 is 37.3 Å². The number of likely N-dealkylation sites (N-methyl/N-ethyl adjacent to an activating group) is 1. The van der Waals surface area contributed by atoms with Crippen molar-refractivity contribution in [3.63, 3.8) is 0 Å². The lowest BCUT2D eigenvalue weighted by atomic mass is 10.2. The van der Waals surface area contributed by atoms with E-state index in [0.717, 1.165) is 16.6 Å². The van der Waals surface area contributed by atoms with Crippen molar-refractivity contribution in [3.8, 4) is 0 Å². The van der Waals surface area contributed by atoms with Gasteiger partial charge in [0.1, 0.15) is 4.21 Å². The molecule has 0 spiro atoms. The molecular formula is C10H15BrN2O2S2. The van der Waals surface area contributed by atoms with E-state index < -0.39 is 10.0 Å². The maximum atomic E-state index is 12.4. The van der Waals surface area contributed by atoms with Crippen LogP contribution in [0.3, 0.4) is 0 Å². The Kier molecular flexibility index (Phi) is 4.25. The molecule has 2 rings (SSSR count). The van der Waals surface area contributed by atoms with Gasteiger partial charge in [-0.15, -0.1) is 11.3 Å². The van der Waals surface area contributed by atoms with Gasteiger partial charge in [-0.25, -0.2) is 8.42 Å². The van der Waals surface area contributed by atoms with Crippen LogP contribution in [0.2, 0.25) is 0 Å². The van der Waals surface area contributed by atoms with Gasteiger partial charge in [-0.1, -0.05) is 0 Å². The average Bonchev–Trinajstić information content (AvgIpc) is 2.87. The van der Waals surface area contributed by atoms with Crippen molar-refractivity contribution < 1.29 is 8.42 Å². The van der Waals surface area contributed by atoms with E-state index in [9.17, 15) is 8.42 Å². The highest BCUT2D eigenvalue weighted by Gasteiger charge is 2.35. The molecule has 1 aromatic heterocycles. The lowest BCUT2D eigenvalue weighted by Gasteiger charge is -2.22. The third kappa shape index (κ3) is 2.73. The Bertz CT molecular complexity index is 486. The molecule has 0 aliphatic carbocycles. The summed E-state index contributed by atoms with van der Waals surface area (Å²) in [7, 11) is -1.46. The number of halogens is 1. The zero-order valence-corrected chi connectivity index (χ0v) is 12.7. The Morgan fingerprint density at radius 2 is 2.35 bits per heavy atom. The largest absolute Gasteiger partial charge is 0.318 e.